The van der Waals surface area contributed by atoms with Gasteiger partial charge in [-0.1, -0.05) is 44.9 Å². The Morgan fingerprint density at radius 3 is 1.50 bits per heavy atom. The highest BCUT2D eigenvalue weighted by molar-refractivity contribution is 6.01. The molecular weight excluding hydrogens is 404 g/mol. The molecule has 3 rings (SSSR count). The summed E-state index contributed by atoms with van der Waals surface area (Å²) in [6, 6.07) is 0. The van der Waals surface area contributed by atoms with Gasteiger partial charge in [-0.3, -0.25) is 19.3 Å². The van der Waals surface area contributed by atoms with Gasteiger partial charge in [-0.25, -0.2) is 0 Å². The third kappa shape index (κ3) is 4.62. The molecule has 0 aromatic rings. The van der Waals surface area contributed by atoms with Crippen molar-refractivity contribution < 1.29 is 19.1 Å². The normalized spacial score (nSPS) is 27.8. The first-order chi connectivity index (χ1) is 14.9. The zero-order chi connectivity index (χ0) is 23.8. The molecule has 2 aliphatic heterocycles. The predicted octanol–water partition coefficient (Wildman–Crippen LogP) is 5.33. The molecule has 1 saturated carbocycles. The summed E-state index contributed by atoms with van der Waals surface area (Å²) >= 11 is 0. The Morgan fingerprint density at radius 2 is 1.12 bits per heavy atom. The fourth-order valence-electron chi connectivity index (χ4n) is 7.28. The fraction of sp³-hybridized carbons (Fsp3) is 0.885. The monoisotopic (exact) mass is 448 g/mol. The van der Waals surface area contributed by atoms with E-state index in [1.54, 1.807) is 6.92 Å². The molecule has 0 bridgehead atoms. The number of carbonyl (C=O) groups excluding carboxylic acids is 3. The van der Waals surface area contributed by atoms with Crippen LogP contribution in [0.5, 0.6) is 0 Å². The number of hydrogen-bond acceptors (Lipinski definition) is 4. The maximum absolute atomic E-state index is 14.0. The Bertz CT molecular complexity index is 712. The van der Waals surface area contributed by atoms with Crippen molar-refractivity contribution in [2.75, 3.05) is 0 Å². The van der Waals surface area contributed by atoms with E-state index < -0.39 is 22.4 Å². The molecule has 6 nitrogen and oxygen atoms in total. The number of imide groups is 1. The van der Waals surface area contributed by atoms with Crippen LogP contribution in [-0.2, 0) is 19.1 Å². The number of carbonyl (C=O) groups is 3. The average molecular weight is 449 g/mol. The lowest BCUT2D eigenvalue weighted by Crippen LogP contribution is -2.68. The van der Waals surface area contributed by atoms with Crippen molar-refractivity contribution >= 4 is 17.7 Å². The fourth-order valence-corrected chi connectivity index (χ4v) is 7.28. The van der Waals surface area contributed by atoms with Crippen LogP contribution in [0, 0.1) is 0 Å². The summed E-state index contributed by atoms with van der Waals surface area (Å²) in [5.74, 6) is -0.408. The SMILES string of the molecule is CC(=O)N1C(C)(C)CC2(CC1(C)C)OC1(CCCCCCCCCCC1)N(C(C)=O)C2=O. The molecule has 32 heavy (non-hydrogen) atoms. The molecule has 1 aliphatic carbocycles. The number of amides is 3. The number of likely N-dealkylation sites (tertiary alicyclic amines) is 1. The Balaban J connectivity index is 1.99. The van der Waals surface area contributed by atoms with Crippen molar-refractivity contribution in [2.45, 2.75) is 147 Å². The van der Waals surface area contributed by atoms with E-state index in [1.165, 1.54) is 43.9 Å². The van der Waals surface area contributed by atoms with E-state index in [4.69, 9.17) is 4.74 Å². The van der Waals surface area contributed by atoms with Crippen molar-refractivity contribution in [3.05, 3.63) is 0 Å². The Labute approximate surface area is 194 Å². The molecule has 3 amide bonds. The lowest BCUT2D eigenvalue weighted by Gasteiger charge is -2.57. The van der Waals surface area contributed by atoms with Gasteiger partial charge in [-0.15, -0.1) is 0 Å². The molecular formula is C26H44N2O4. The molecule has 2 spiro atoms. The summed E-state index contributed by atoms with van der Waals surface area (Å²) in [5.41, 5.74) is -3.03. The first kappa shape index (κ1) is 25.2. The molecule has 0 atom stereocenters. The summed E-state index contributed by atoms with van der Waals surface area (Å²) in [7, 11) is 0. The average Bonchev–Trinajstić information content (AvgIpc) is 2.83. The minimum Gasteiger partial charge on any atom is -0.339 e. The quantitative estimate of drug-likeness (QED) is 0.502. The zero-order valence-electron chi connectivity index (χ0n) is 21.2. The van der Waals surface area contributed by atoms with Crippen LogP contribution in [0.1, 0.15) is 125 Å². The molecule has 0 radical (unpaired) electrons. The van der Waals surface area contributed by atoms with Crippen molar-refractivity contribution in [1.82, 2.24) is 9.80 Å². The number of hydrogen-bond donors (Lipinski definition) is 0. The van der Waals surface area contributed by atoms with E-state index in [0.717, 1.165) is 25.7 Å². The van der Waals surface area contributed by atoms with Gasteiger partial charge in [0.05, 0.1) is 0 Å². The van der Waals surface area contributed by atoms with Gasteiger partial charge in [0.15, 0.2) is 11.3 Å². The summed E-state index contributed by atoms with van der Waals surface area (Å²) in [6.07, 6.45) is 12.6. The Morgan fingerprint density at radius 1 is 0.719 bits per heavy atom. The van der Waals surface area contributed by atoms with E-state index in [2.05, 4.69) is 0 Å². The van der Waals surface area contributed by atoms with Crippen LogP contribution in [-0.4, -0.2) is 49.9 Å². The van der Waals surface area contributed by atoms with Crippen molar-refractivity contribution in [1.29, 1.82) is 0 Å². The van der Waals surface area contributed by atoms with Gasteiger partial charge in [-0.2, -0.15) is 0 Å². The molecule has 0 aromatic heterocycles. The van der Waals surface area contributed by atoms with Crippen molar-refractivity contribution in [3.8, 4) is 0 Å². The molecule has 0 unspecified atom stereocenters. The van der Waals surface area contributed by atoms with Gasteiger partial charge in [0.1, 0.15) is 0 Å². The number of ether oxygens (including phenoxy) is 1. The lowest BCUT2D eigenvalue weighted by atomic mass is 9.70. The van der Waals surface area contributed by atoms with Gasteiger partial charge >= 0.3 is 0 Å². The van der Waals surface area contributed by atoms with Crippen molar-refractivity contribution in [2.24, 2.45) is 0 Å². The summed E-state index contributed by atoms with van der Waals surface area (Å²) in [6.45, 7) is 11.1. The minimum absolute atomic E-state index is 0.00411. The van der Waals surface area contributed by atoms with Gasteiger partial charge in [0.25, 0.3) is 5.91 Å². The minimum atomic E-state index is -1.07. The topological polar surface area (TPSA) is 66.9 Å². The standard InChI is InChI=1S/C26H44N2O4/c1-20(29)27-22(31)25(18-23(3,4)28(21(2)30)24(5,6)19-25)32-26(27)16-14-12-10-8-7-9-11-13-15-17-26/h7-19H2,1-6H3. The van der Waals surface area contributed by atoms with Crippen LogP contribution in [0.3, 0.4) is 0 Å². The highest BCUT2D eigenvalue weighted by Crippen LogP contribution is 2.53. The Hall–Kier alpha value is -1.43. The second-order valence-corrected chi connectivity index (χ2v) is 11.7. The predicted molar refractivity (Wildman–Crippen MR) is 125 cm³/mol. The van der Waals surface area contributed by atoms with Crippen LogP contribution < -0.4 is 0 Å². The van der Waals surface area contributed by atoms with Crippen molar-refractivity contribution in [3.63, 3.8) is 0 Å². The van der Waals surface area contributed by atoms with E-state index in [-0.39, 0.29) is 17.7 Å². The highest BCUT2D eigenvalue weighted by atomic mass is 16.6. The van der Waals surface area contributed by atoms with Gasteiger partial charge in [0, 0.05) is 37.8 Å². The molecule has 2 heterocycles. The first-order valence-electron chi connectivity index (χ1n) is 12.7. The van der Waals surface area contributed by atoms with Crippen LogP contribution in [0.4, 0.5) is 0 Å². The summed E-state index contributed by atoms with van der Waals surface area (Å²) in [4.78, 5) is 42.8. The summed E-state index contributed by atoms with van der Waals surface area (Å²) < 4.78 is 6.93. The molecule has 2 saturated heterocycles. The summed E-state index contributed by atoms with van der Waals surface area (Å²) in [5, 5.41) is 0. The van der Waals surface area contributed by atoms with E-state index in [1.807, 2.05) is 32.6 Å². The maximum Gasteiger partial charge on any atom is 0.264 e. The van der Waals surface area contributed by atoms with E-state index in [9.17, 15) is 14.4 Å². The maximum atomic E-state index is 14.0. The second-order valence-electron chi connectivity index (χ2n) is 11.7. The molecule has 6 heteroatoms. The number of nitrogens with zero attached hydrogens (tertiary/aromatic N) is 2. The third-order valence-electron chi connectivity index (χ3n) is 7.80. The van der Waals surface area contributed by atoms with Gasteiger partial charge < -0.3 is 9.64 Å². The van der Waals surface area contributed by atoms with Gasteiger partial charge in [0.2, 0.25) is 11.8 Å². The van der Waals surface area contributed by atoms with E-state index >= 15 is 0 Å². The van der Waals surface area contributed by atoms with Crippen LogP contribution in [0.15, 0.2) is 0 Å². The highest BCUT2D eigenvalue weighted by Gasteiger charge is 2.67. The van der Waals surface area contributed by atoms with Gasteiger partial charge in [-0.05, 0) is 53.4 Å². The number of piperidine rings is 1. The lowest BCUT2D eigenvalue weighted by molar-refractivity contribution is -0.202. The molecule has 3 aliphatic rings. The first-order valence-corrected chi connectivity index (χ1v) is 12.7. The third-order valence-corrected chi connectivity index (χ3v) is 7.80. The van der Waals surface area contributed by atoms with Crippen LogP contribution in [0.2, 0.25) is 0 Å². The smallest absolute Gasteiger partial charge is 0.264 e. The molecule has 182 valence electrons. The molecule has 0 N–H and O–H groups in total. The number of rotatable bonds is 0. The molecule has 0 aromatic carbocycles. The van der Waals surface area contributed by atoms with E-state index in [0.29, 0.717) is 25.7 Å². The Kier molecular flexibility index (Phi) is 7.15. The van der Waals surface area contributed by atoms with Crippen LogP contribution >= 0.6 is 0 Å². The largest absolute Gasteiger partial charge is 0.339 e. The van der Waals surface area contributed by atoms with Crippen LogP contribution in [0.25, 0.3) is 0 Å². The molecule has 3 fully saturated rings. The zero-order valence-corrected chi connectivity index (χ0v) is 21.2. The second kappa shape index (κ2) is 9.08.